The Morgan fingerprint density at radius 1 is 1.14 bits per heavy atom. The van der Waals surface area contributed by atoms with Gasteiger partial charge in [0.2, 0.25) is 0 Å². The summed E-state index contributed by atoms with van der Waals surface area (Å²) in [4.78, 5) is 11.9. The van der Waals surface area contributed by atoms with Gasteiger partial charge in [0, 0.05) is 5.69 Å². The summed E-state index contributed by atoms with van der Waals surface area (Å²) in [5.74, 6) is 1.70. The monoisotopic (exact) mass is 383 g/mol. The maximum Gasteiger partial charge on any atom is 0.259 e. The summed E-state index contributed by atoms with van der Waals surface area (Å²) < 4.78 is 11.2. The summed E-state index contributed by atoms with van der Waals surface area (Å²) in [5.41, 5.74) is 5.38. The number of carbonyl (C=O) groups is 1. The van der Waals surface area contributed by atoms with Gasteiger partial charge in [0.1, 0.15) is 0 Å². The molecule has 6 nitrogen and oxygen atoms in total. The van der Waals surface area contributed by atoms with E-state index in [-0.39, 0.29) is 12.5 Å². The first-order valence-corrected chi connectivity index (χ1v) is 9.41. The second-order valence-electron chi connectivity index (χ2n) is 6.95. The molecule has 0 aliphatic carbocycles. The molecule has 0 saturated heterocycles. The third kappa shape index (κ3) is 7.31. The van der Waals surface area contributed by atoms with Crippen LogP contribution in [0.4, 0.5) is 5.69 Å². The Balaban J connectivity index is 1.83. The Hall–Kier alpha value is -3.02. The topological polar surface area (TPSA) is 72.0 Å². The number of methoxy groups -OCH3 is 1. The Morgan fingerprint density at radius 2 is 1.89 bits per heavy atom. The van der Waals surface area contributed by atoms with Gasteiger partial charge in [-0.05, 0) is 55.2 Å². The van der Waals surface area contributed by atoms with E-state index in [2.05, 4.69) is 29.7 Å². The molecule has 150 valence electrons. The lowest BCUT2D eigenvalue weighted by atomic mass is 10.1. The van der Waals surface area contributed by atoms with Crippen LogP contribution in [-0.4, -0.2) is 32.4 Å². The van der Waals surface area contributed by atoms with Gasteiger partial charge in [-0.3, -0.25) is 4.79 Å². The molecule has 0 fully saturated rings. The van der Waals surface area contributed by atoms with E-state index in [1.807, 2.05) is 49.4 Å². The molecule has 0 aliphatic heterocycles. The Labute approximate surface area is 166 Å². The standard InChI is InChI=1S/C22H29N3O3/c1-16(2)11-12-28-20-10-7-18(13-21(20)27-4)14-24-25-22(26)15-23-19-8-5-17(3)6-9-19/h5-10,13-14,16,23H,11-12,15H2,1-4H3,(H,25,26). The van der Waals surface area contributed by atoms with Crippen LogP contribution in [0.2, 0.25) is 0 Å². The van der Waals surface area contributed by atoms with Gasteiger partial charge in [-0.1, -0.05) is 31.5 Å². The van der Waals surface area contributed by atoms with E-state index >= 15 is 0 Å². The number of ether oxygens (including phenoxy) is 2. The molecule has 0 atom stereocenters. The van der Waals surface area contributed by atoms with Crippen LogP contribution in [0.15, 0.2) is 47.6 Å². The largest absolute Gasteiger partial charge is 0.493 e. The molecule has 2 N–H and O–H groups in total. The Kier molecular flexibility index (Phi) is 8.34. The maximum absolute atomic E-state index is 11.9. The van der Waals surface area contributed by atoms with Crippen molar-refractivity contribution in [2.24, 2.45) is 11.0 Å². The van der Waals surface area contributed by atoms with E-state index in [4.69, 9.17) is 9.47 Å². The average molecular weight is 383 g/mol. The summed E-state index contributed by atoms with van der Waals surface area (Å²) in [6, 6.07) is 13.4. The minimum atomic E-state index is -0.225. The highest BCUT2D eigenvalue weighted by molar-refractivity contribution is 5.84. The number of amides is 1. The highest BCUT2D eigenvalue weighted by atomic mass is 16.5. The zero-order chi connectivity index (χ0) is 20.4. The summed E-state index contributed by atoms with van der Waals surface area (Å²) in [7, 11) is 1.60. The van der Waals surface area contributed by atoms with Gasteiger partial charge in [-0.15, -0.1) is 0 Å². The highest BCUT2D eigenvalue weighted by Gasteiger charge is 2.06. The van der Waals surface area contributed by atoms with Crippen molar-refractivity contribution in [3.8, 4) is 11.5 Å². The van der Waals surface area contributed by atoms with Crippen LogP contribution in [0, 0.1) is 12.8 Å². The fourth-order valence-corrected chi connectivity index (χ4v) is 2.36. The number of hydrogen-bond donors (Lipinski definition) is 2. The molecule has 0 unspecified atom stereocenters. The molecule has 0 radical (unpaired) electrons. The molecule has 0 aromatic heterocycles. The number of nitrogens with zero attached hydrogens (tertiary/aromatic N) is 1. The van der Waals surface area contributed by atoms with Crippen LogP contribution in [0.25, 0.3) is 0 Å². The molecule has 0 bridgehead atoms. The number of nitrogens with one attached hydrogen (secondary N) is 2. The summed E-state index contributed by atoms with van der Waals surface area (Å²) in [6.07, 6.45) is 2.55. The molecule has 2 rings (SSSR count). The second-order valence-corrected chi connectivity index (χ2v) is 6.95. The van der Waals surface area contributed by atoms with Crippen molar-refractivity contribution in [3.05, 3.63) is 53.6 Å². The fraction of sp³-hybridized carbons (Fsp3) is 0.364. The van der Waals surface area contributed by atoms with Gasteiger partial charge in [0.15, 0.2) is 11.5 Å². The number of benzene rings is 2. The van der Waals surface area contributed by atoms with E-state index in [0.29, 0.717) is 24.0 Å². The van der Waals surface area contributed by atoms with E-state index in [1.54, 1.807) is 13.3 Å². The predicted molar refractivity (Wildman–Crippen MR) is 113 cm³/mol. The van der Waals surface area contributed by atoms with E-state index in [0.717, 1.165) is 17.7 Å². The van der Waals surface area contributed by atoms with Crippen molar-refractivity contribution in [2.75, 3.05) is 25.6 Å². The molecule has 0 spiro atoms. The third-order valence-corrected chi connectivity index (χ3v) is 4.05. The molecule has 6 heteroatoms. The zero-order valence-corrected chi connectivity index (χ0v) is 17.0. The summed E-state index contributed by atoms with van der Waals surface area (Å²) >= 11 is 0. The lowest BCUT2D eigenvalue weighted by Gasteiger charge is -2.12. The first kappa shape index (κ1) is 21.3. The van der Waals surface area contributed by atoms with Crippen molar-refractivity contribution < 1.29 is 14.3 Å². The fourth-order valence-electron chi connectivity index (χ4n) is 2.36. The number of hydrogen-bond acceptors (Lipinski definition) is 5. The van der Waals surface area contributed by atoms with Gasteiger partial charge in [0.25, 0.3) is 5.91 Å². The number of carbonyl (C=O) groups excluding carboxylic acids is 1. The molecule has 2 aromatic carbocycles. The summed E-state index contributed by atoms with van der Waals surface area (Å²) in [6.45, 7) is 7.12. The van der Waals surface area contributed by atoms with Crippen molar-refractivity contribution >= 4 is 17.8 Å². The van der Waals surface area contributed by atoms with E-state index < -0.39 is 0 Å². The molecule has 0 heterocycles. The van der Waals surface area contributed by atoms with Gasteiger partial charge in [-0.25, -0.2) is 5.43 Å². The molecule has 1 amide bonds. The molecular formula is C22H29N3O3. The normalized spacial score (nSPS) is 10.9. The van der Waals surface area contributed by atoms with Crippen LogP contribution < -0.4 is 20.2 Å². The maximum atomic E-state index is 11.9. The van der Waals surface area contributed by atoms with Gasteiger partial charge >= 0.3 is 0 Å². The molecule has 2 aromatic rings. The van der Waals surface area contributed by atoms with Gasteiger partial charge in [0.05, 0.1) is 26.5 Å². The van der Waals surface area contributed by atoms with Crippen LogP contribution in [0.1, 0.15) is 31.4 Å². The van der Waals surface area contributed by atoms with Crippen LogP contribution in [0.3, 0.4) is 0 Å². The molecule has 0 aliphatic rings. The van der Waals surface area contributed by atoms with Crippen LogP contribution >= 0.6 is 0 Å². The summed E-state index contributed by atoms with van der Waals surface area (Å²) in [5, 5.41) is 7.05. The SMILES string of the molecule is COc1cc(C=NNC(=O)CNc2ccc(C)cc2)ccc1OCCC(C)C. The number of rotatable bonds is 10. The zero-order valence-electron chi connectivity index (χ0n) is 17.0. The van der Waals surface area contributed by atoms with Crippen LogP contribution in [-0.2, 0) is 4.79 Å². The predicted octanol–water partition coefficient (Wildman–Crippen LogP) is 3.99. The number of hydrazone groups is 1. The lowest BCUT2D eigenvalue weighted by molar-refractivity contribution is -0.119. The molecular weight excluding hydrogens is 354 g/mol. The number of anilines is 1. The molecule has 28 heavy (non-hydrogen) atoms. The van der Waals surface area contributed by atoms with Crippen LogP contribution in [0.5, 0.6) is 11.5 Å². The van der Waals surface area contributed by atoms with Gasteiger partial charge < -0.3 is 14.8 Å². The van der Waals surface area contributed by atoms with Gasteiger partial charge in [-0.2, -0.15) is 5.10 Å². The highest BCUT2D eigenvalue weighted by Crippen LogP contribution is 2.27. The molecule has 0 saturated carbocycles. The van der Waals surface area contributed by atoms with E-state index in [1.165, 1.54) is 5.56 Å². The Bertz CT molecular complexity index is 786. The third-order valence-electron chi connectivity index (χ3n) is 4.05. The van der Waals surface area contributed by atoms with Crippen molar-refractivity contribution in [1.29, 1.82) is 0 Å². The quantitative estimate of drug-likeness (QED) is 0.481. The van der Waals surface area contributed by atoms with Crippen molar-refractivity contribution in [3.63, 3.8) is 0 Å². The van der Waals surface area contributed by atoms with E-state index in [9.17, 15) is 4.79 Å². The first-order valence-electron chi connectivity index (χ1n) is 9.41. The minimum absolute atomic E-state index is 0.145. The number of aryl methyl sites for hydroxylation is 1. The smallest absolute Gasteiger partial charge is 0.259 e. The second kappa shape index (κ2) is 11.0. The average Bonchev–Trinajstić information content (AvgIpc) is 2.68. The minimum Gasteiger partial charge on any atom is -0.493 e. The Morgan fingerprint density at radius 3 is 2.57 bits per heavy atom. The van der Waals surface area contributed by atoms with Crippen molar-refractivity contribution in [1.82, 2.24) is 5.43 Å². The lowest BCUT2D eigenvalue weighted by Crippen LogP contribution is -2.25. The first-order chi connectivity index (χ1) is 13.5. The van der Waals surface area contributed by atoms with Crippen molar-refractivity contribution in [2.45, 2.75) is 27.2 Å².